The van der Waals surface area contributed by atoms with Crippen molar-refractivity contribution in [3.05, 3.63) is 162 Å². The van der Waals surface area contributed by atoms with Crippen LogP contribution in [0.4, 0.5) is 0 Å². The van der Waals surface area contributed by atoms with Crippen LogP contribution in [0.25, 0.3) is 47.7 Å². The Hall–Kier alpha value is -6.03. The first-order valence-corrected chi connectivity index (χ1v) is 15.9. The number of thiophene rings is 1. The Morgan fingerprint density at radius 2 is 1.48 bits per heavy atom. The molecule has 8 aromatic rings. The minimum absolute atomic E-state index is 0.230. The highest BCUT2D eigenvalue weighted by Gasteiger charge is 2.18. The Morgan fingerprint density at radius 3 is 2.30 bits per heavy atom. The number of hydrogen-bond donors (Lipinski definition) is 2. The fourth-order valence-corrected chi connectivity index (χ4v) is 7.26. The molecule has 1 unspecified atom stereocenters. The molecule has 2 heterocycles. The van der Waals surface area contributed by atoms with E-state index in [2.05, 4.69) is 94.8 Å². The minimum atomic E-state index is -0.524. The van der Waals surface area contributed by atoms with Crippen LogP contribution in [-0.2, 0) is 0 Å². The minimum Gasteiger partial charge on any atom is -0.345 e. The van der Waals surface area contributed by atoms with Gasteiger partial charge in [-0.15, -0.1) is 11.3 Å². The molecule has 0 fully saturated rings. The summed E-state index contributed by atoms with van der Waals surface area (Å²) in [5, 5.41) is 26.4. The molecule has 0 saturated carbocycles. The summed E-state index contributed by atoms with van der Waals surface area (Å²) in [7, 11) is 0. The standard InChI is InChI=1S/C40H27N5S/c41-24-26-17-19-28(20-18-26)39(42)44-40(43-25-27-9-2-1-3-10-27)29-11-8-12-30(21-29)45-35-15-6-4-13-31(35)33-23-38-34(22-36(33)45)32-14-5-7-16-37(32)46-38/h1-23,25,40H,(H2,42,44)/b43-25+. The number of benzene rings is 6. The summed E-state index contributed by atoms with van der Waals surface area (Å²) in [5.74, 6) is 0.230. The van der Waals surface area contributed by atoms with Crippen molar-refractivity contribution in [3.63, 3.8) is 0 Å². The van der Waals surface area contributed by atoms with Gasteiger partial charge in [0.15, 0.2) is 0 Å². The molecule has 0 aliphatic rings. The van der Waals surface area contributed by atoms with Gasteiger partial charge < -0.3 is 9.88 Å². The Labute approximate surface area is 269 Å². The molecule has 2 N–H and O–H groups in total. The quantitative estimate of drug-likeness (QED) is 0.145. The van der Waals surface area contributed by atoms with Crippen molar-refractivity contribution < 1.29 is 0 Å². The molecule has 46 heavy (non-hydrogen) atoms. The van der Waals surface area contributed by atoms with Crippen LogP contribution in [0.1, 0.15) is 28.4 Å². The van der Waals surface area contributed by atoms with Gasteiger partial charge in [-0.2, -0.15) is 5.26 Å². The Balaban J connectivity index is 1.26. The molecular formula is C40H27N5S. The highest BCUT2D eigenvalue weighted by molar-refractivity contribution is 7.25. The summed E-state index contributed by atoms with van der Waals surface area (Å²) >= 11 is 1.84. The topological polar surface area (TPSA) is 77.0 Å². The van der Waals surface area contributed by atoms with E-state index in [9.17, 15) is 5.26 Å². The summed E-state index contributed by atoms with van der Waals surface area (Å²) in [5.41, 5.74) is 6.46. The second kappa shape index (κ2) is 11.5. The molecule has 0 spiro atoms. The van der Waals surface area contributed by atoms with Crippen LogP contribution in [-0.4, -0.2) is 16.6 Å². The molecule has 0 radical (unpaired) electrons. The first-order chi connectivity index (χ1) is 22.7. The van der Waals surface area contributed by atoms with Crippen LogP contribution in [0.15, 0.2) is 145 Å². The molecule has 0 bridgehead atoms. The van der Waals surface area contributed by atoms with Gasteiger partial charge in [-0.3, -0.25) is 10.4 Å². The number of amidine groups is 1. The van der Waals surface area contributed by atoms with Gasteiger partial charge in [0.1, 0.15) is 12.0 Å². The van der Waals surface area contributed by atoms with Gasteiger partial charge in [0.05, 0.1) is 22.7 Å². The number of rotatable bonds is 6. The lowest BCUT2D eigenvalue weighted by Crippen LogP contribution is -2.27. The van der Waals surface area contributed by atoms with Crippen molar-refractivity contribution in [3.8, 4) is 11.8 Å². The van der Waals surface area contributed by atoms with E-state index >= 15 is 0 Å². The molecule has 218 valence electrons. The van der Waals surface area contributed by atoms with E-state index in [0.717, 1.165) is 27.8 Å². The maximum Gasteiger partial charge on any atom is 0.145 e. The van der Waals surface area contributed by atoms with Gasteiger partial charge in [0.25, 0.3) is 0 Å². The third kappa shape index (κ3) is 4.89. The number of fused-ring (bicyclic) bond motifs is 6. The SMILES string of the molecule is N#Cc1ccc(C(=N)NC(/N=C/c2ccccc2)c2cccc(-n3c4ccccc4c4cc5sc6ccccc6c5cc43)c2)cc1. The van der Waals surface area contributed by atoms with Crippen LogP contribution < -0.4 is 5.32 Å². The summed E-state index contributed by atoms with van der Waals surface area (Å²) in [6.45, 7) is 0. The van der Waals surface area contributed by atoms with E-state index in [1.807, 2.05) is 53.9 Å². The molecule has 5 nitrogen and oxygen atoms in total. The second-order valence-electron chi connectivity index (χ2n) is 11.2. The molecular weight excluding hydrogens is 583 g/mol. The third-order valence-electron chi connectivity index (χ3n) is 8.37. The van der Waals surface area contributed by atoms with Crippen molar-refractivity contribution in [2.75, 3.05) is 0 Å². The van der Waals surface area contributed by atoms with Crippen LogP contribution >= 0.6 is 11.3 Å². The summed E-state index contributed by atoms with van der Waals surface area (Å²) in [4.78, 5) is 4.94. The molecule has 2 aromatic heterocycles. The number of nitrogens with one attached hydrogen (secondary N) is 2. The number of aliphatic imine (C=N–C) groups is 1. The van der Waals surface area contributed by atoms with Gasteiger partial charge in [-0.05, 0) is 71.8 Å². The zero-order chi connectivity index (χ0) is 31.0. The van der Waals surface area contributed by atoms with Crippen LogP contribution in [0.2, 0.25) is 0 Å². The van der Waals surface area contributed by atoms with Gasteiger partial charge in [-0.1, -0.05) is 78.9 Å². The highest BCUT2D eigenvalue weighted by atomic mass is 32.1. The predicted octanol–water partition coefficient (Wildman–Crippen LogP) is 9.76. The zero-order valence-electron chi connectivity index (χ0n) is 24.7. The van der Waals surface area contributed by atoms with Crippen LogP contribution in [0, 0.1) is 16.7 Å². The maximum absolute atomic E-state index is 9.22. The molecule has 0 aliphatic carbocycles. The van der Waals surface area contributed by atoms with Crippen molar-refractivity contribution in [2.45, 2.75) is 6.17 Å². The Morgan fingerprint density at radius 1 is 0.717 bits per heavy atom. The Bertz CT molecular complexity index is 2480. The number of nitriles is 1. The maximum atomic E-state index is 9.22. The van der Waals surface area contributed by atoms with E-state index < -0.39 is 6.17 Å². The van der Waals surface area contributed by atoms with Gasteiger partial charge in [-0.25, -0.2) is 0 Å². The number of hydrogen-bond acceptors (Lipinski definition) is 4. The second-order valence-corrected chi connectivity index (χ2v) is 12.3. The molecule has 0 saturated heterocycles. The average molecular weight is 610 g/mol. The first-order valence-electron chi connectivity index (χ1n) is 15.0. The Kier molecular flexibility index (Phi) is 6.86. The van der Waals surface area contributed by atoms with Gasteiger partial charge in [0, 0.05) is 48.4 Å². The number of para-hydroxylation sites is 1. The third-order valence-corrected chi connectivity index (χ3v) is 9.50. The lowest BCUT2D eigenvalue weighted by molar-refractivity contribution is 0.685. The van der Waals surface area contributed by atoms with Crippen molar-refractivity contribution >= 4 is 65.4 Å². The van der Waals surface area contributed by atoms with E-state index in [1.54, 1.807) is 24.3 Å². The predicted molar refractivity (Wildman–Crippen MR) is 192 cm³/mol. The van der Waals surface area contributed by atoms with Gasteiger partial charge >= 0.3 is 0 Å². The van der Waals surface area contributed by atoms with Crippen LogP contribution in [0.5, 0.6) is 0 Å². The molecule has 8 rings (SSSR count). The normalized spacial score (nSPS) is 12.2. The van der Waals surface area contributed by atoms with E-state index in [-0.39, 0.29) is 5.84 Å². The monoisotopic (exact) mass is 609 g/mol. The first kappa shape index (κ1) is 27.5. The number of nitrogens with zero attached hydrogens (tertiary/aromatic N) is 3. The van der Waals surface area contributed by atoms with E-state index in [0.29, 0.717) is 11.1 Å². The largest absolute Gasteiger partial charge is 0.345 e. The molecule has 6 aromatic carbocycles. The lowest BCUT2D eigenvalue weighted by Gasteiger charge is -2.19. The number of aromatic nitrogens is 1. The van der Waals surface area contributed by atoms with Crippen molar-refractivity contribution in [1.82, 2.24) is 9.88 Å². The zero-order valence-corrected chi connectivity index (χ0v) is 25.5. The highest BCUT2D eigenvalue weighted by Crippen LogP contribution is 2.40. The molecule has 0 amide bonds. The van der Waals surface area contributed by atoms with E-state index in [4.69, 9.17) is 10.4 Å². The average Bonchev–Trinajstić information content (AvgIpc) is 3.64. The summed E-state index contributed by atoms with van der Waals surface area (Å²) in [6.07, 6.45) is 1.32. The van der Waals surface area contributed by atoms with Crippen molar-refractivity contribution in [2.24, 2.45) is 4.99 Å². The van der Waals surface area contributed by atoms with E-state index in [1.165, 1.54) is 30.9 Å². The lowest BCUT2D eigenvalue weighted by atomic mass is 10.1. The molecule has 0 aliphatic heterocycles. The van der Waals surface area contributed by atoms with Crippen LogP contribution in [0.3, 0.4) is 0 Å². The smallest absolute Gasteiger partial charge is 0.145 e. The fraction of sp³-hybridized carbons (Fsp3) is 0.0250. The molecule has 6 heteroatoms. The molecule has 1 atom stereocenters. The fourth-order valence-electron chi connectivity index (χ4n) is 6.14. The van der Waals surface area contributed by atoms with Gasteiger partial charge in [0.2, 0.25) is 0 Å². The van der Waals surface area contributed by atoms with Crippen molar-refractivity contribution in [1.29, 1.82) is 10.7 Å². The summed E-state index contributed by atoms with van der Waals surface area (Å²) < 4.78 is 4.91. The summed E-state index contributed by atoms with van der Waals surface area (Å²) in [6, 6.07) is 49.4.